The molecule has 3 aromatic carbocycles. The van der Waals surface area contributed by atoms with E-state index in [2.05, 4.69) is 37.2 Å². The van der Waals surface area contributed by atoms with Crippen LogP contribution in [0.25, 0.3) is 0 Å². The number of benzene rings is 3. The summed E-state index contributed by atoms with van der Waals surface area (Å²) in [5.41, 5.74) is 2.94. The smallest absolute Gasteiger partial charge is 0.269 e. The third-order valence-corrected chi connectivity index (χ3v) is 4.91. The third kappa shape index (κ3) is 5.55. The van der Waals surface area contributed by atoms with Crippen LogP contribution in [-0.4, -0.2) is 4.92 Å². The minimum Gasteiger partial charge on any atom is -0.489 e. The first-order valence-corrected chi connectivity index (χ1v) is 9.74. The topological polar surface area (TPSA) is 64.4 Å². The van der Waals surface area contributed by atoms with Crippen molar-refractivity contribution in [3.63, 3.8) is 0 Å². The Morgan fingerprint density at radius 1 is 0.926 bits per heavy atom. The summed E-state index contributed by atoms with van der Waals surface area (Å²) in [5.74, 6) is 0.788. The molecule has 0 amide bonds. The van der Waals surface area contributed by atoms with Crippen molar-refractivity contribution >= 4 is 43.2 Å². The molecule has 0 radical (unpaired) electrons. The van der Waals surface area contributed by atoms with Gasteiger partial charge in [0.2, 0.25) is 0 Å². The van der Waals surface area contributed by atoms with Crippen LogP contribution in [0.4, 0.5) is 11.4 Å². The van der Waals surface area contributed by atoms with E-state index in [1.165, 1.54) is 12.1 Å². The van der Waals surface area contributed by atoms with Crippen molar-refractivity contribution in [2.75, 3.05) is 5.32 Å². The highest BCUT2D eigenvalue weighted by Crippen LogP contribution is 2.26. The minimum atomic E-state index is -0.411. The van der Waals surface area contributed by atoms with Crippen LogP contribution in [0.5, 0.6) is 5.75 Å². The van der Waals surface area contributed by atoms with Gasteiger partial charge in [0, 0.05) is 38.9 Å². The molecule has 0 fully saturated rings. The van der Waals surface area contributed by atoms with Crippen LogP contribution in [0.1, 0.15) is 11.1 Å². The van der Waals surface area contributed by atoms with E-state index in [9.17, 15) is 10.1 Å². The highest BCUT2D eigenvalue weighted by atomic mass is 79.9. The van der Waals surface area contributed by atoms with Crippen LogP contribution in [0, 0.1) is 10.1 Å². The molecule has 1 N–H and O–H groups in total. The second-order valence-corrected chi connectivity index (χ2v) is 7.66. The van der Waals surface area contributed by atoms with E-state index in [0.717, 1.165) is 31.5 Å². The number of nitrogens with one attached hydrogen (secondary N) is 1. The van der Waals surface area contributed by atoms with Crippen molar-refractivity contribution in [1.82, 2.24) is 0 Å². The largest absolute Gasteiger partial charge is 0.489 e. The van der Waals surface area contributed by atoms with Crippen molar-refractivity contribution in [3.05, 3.63) is 96.9 Å². The Morgan fingerprint density at radius 2 is 1.59 bits per heavy atom. The normalized spacial score (nSPS) is 10.4. The molecule has 0 aromatic heterocycles. The van der Waals surface area contributed by atoms with Gasteiger partial charge in [-0.15, -0.1) is 0 Å². The molecule has 0 bridgehead atoms. The summed E-state index contributed by atoms with van der Waals surface area (Å²) in [4.78, 5) is 10.3. The molecule has 0 aliphatic rings. The summed E-state index contributed by atoms with van der Waals surface area (Å²) in [6, 6.07) is 20.2. The molecule has 27 heavy (non-hydrogen) atoms. The predicted molar refractivity (Wildman–Crippen MR) is 113 cm³/mol. The van der Waals surface area contributed by atoms with Crippen LogP contribution in [0.3, 0.4) is 0 Å². The van der Waals surface area contributed by atoms with Crippen molar-refractivity contribution < 1.29 is 9.66 Å². The molecule has 0 saturated carbocycles. The Kier molecular flexibility index (Phi) is 6.47. The summed E-state index contributed by atoms with van der Waals surface area (Å²) >= 11 is 6.91. The number of halogens is 2. The zero-order chi connectivity index (χ0) is 19.2. The number of hydrogen-bond donors (Lipinski definition) is 1. The first-order valence-electron chi connectivity index (χ1n) is 8.15. The number of ether oxygens (including phenoxy) is 1. The van der Waals surface area contributed by atoms with Crippen LogP contribution in [-0.2, 0) is 13.2 Å². The SMILES string of the molecule is O=[N+]([O-])c1ccc(NCc2cc(Br)ccc2OCc2ccc(Br)cc2)cc1. The summed E-state index contributed by atoms with van der Waals surface area (Å²) in [7, 11) is 0. The number of hydrogen-bond acceptors (Lipinski definition) is 4. The lowest BCUT2D eigenvalue weighted by Gasteiger charge is -2.14. The lowest BCUT2D eigenvalue weighted by molar-refractivity contribution is -0.384. The number of nitro benzene ring substituents is 1. The number of anilines is 1. The van der Waals surface area contributed by atoms with Gasteiger partial charge in [0.05, 0.1) is 4.92 Å². The fraction of sp³-hybridized carbons (Fsp3) is 0.100. The van der Waals surface area contributed by atoms with E-state index in [4.69, 9.17) is 4.74 Å². The third-order valence-electron chi connectivity index (χ3n) is 3.89. The van der Waals surface area contributed by atoms with Crippen molar-refractivity contribution in [2.24, 2.45) is 0 Å². The maximum Gasteiger partial charge on any atom is 0.269 e. The zero-order valence-corrected chi connectivity index (χ0v) is 17.4. The molecule has 3 rings (SSSR count). The molecule has 0 unspecified atom stereocenters. The zero-order valence-electron chi connectivity index (χ0n) is 14.2. The second-order valence-electron chi connectivity index (χ2n) is 5.82. The van der Waals surface area contributed by atoms with E-state index < -0.39 is 4.92 Å². The molecule has 0 atom stereocenters. The molecule has 5 nitrogen and oxygen atoms in total. The second kappa shape index (κ2) is 9.01. The Labute approximate surface area is 173 Å². The highest BCUT2D eigenvalue weighted by Gasteiger charge is 2.07. The van der Waals surface area contributed by atoms with Gasteiger partial charge in [0.1, 0.15) is 12.4 Å². The van der Waals surface area contributed by atoms with Gasteiger partial charge < -0.3 is 10.1 Å². The van der Waals surface area contributed by atoms with Gasteiger partial charge in [-0.25, -0.2) is 0 Å². The lowest BCUT2D eigenvalue weighted by Crippen LogP contribution is -2.04. The predicted octanol–water partition coefficient (Wildman–Crippen LogP) is 6.31. The molecule has 0 saturated heterocycles. The monoisotopic (exact) mass is 490 g/mol. The van der Waals surface area contributed by atoms with Gasteiger partial charge in [-0.3, -0.25) is 10.1 Å². The van der Waals surface area contributed by atoms with E-state index in [-0.39, 0.29) is 5.69 Å². The van der Waals surface area contributed by atoms with Gasteiger partial charge in [0.25, 0.3) is 5.69 Å². The highest BCUT2D eigenvalue weighted by molar-refractivity contribution is 9.10. The quantitative estimate of drug-likeness (QED) is 0.310. The number of nitro groups is 1. The van der Waals surface area contributed by atoms with Crippen molar-refractivity contribution in [2.45, 2.75) is 13.2 Å². The lowest BCUT2D eigenvalue weighted by atomic mass is 10.2. The Balaban J connectivity index is 1.68. The maximum atomic E-state index is 10.7. The van der Waals surface area contributed by atoms with Gasteiger partial charge >= 0.3 is 0 Å². The molecule has 0 spiro atoms. The van der Waals surface area contributed by atoms with E-state index in [1.54, 1.807) is 12.1 Å². The summed E-state index contributed by atoms with van der Waals surface area (Å²) < 4.78 is 7.98. The number of non-ortho nitro benzene ring substituents is 1. The molecular formula is C20H16Br2N2O3. The Bertz CT molecular complexity index is 929. The Hall–Kier alpha value is -2.38. The minimum absolute atomic E-state index is 0.0709. The van der Waals surface area contributed by atoms with Crippen LogP contribution < -0.4 is 10.1 Å². The molecule has 0 heterocycles. The summed E-state index contributed by atoms with van der Waals surface area (Å²) in [6.45, 7) is 1.01. The molecule has 0 aliphatic heterocycles. The molecule has 0 aliphatic carbocycles. The van der Waals surface area contributed by atoms with Gasteiger partial charge in [-0.2, -0.15) is 0 Å². The fourth-order valence-electron chi connectivity index (χ4n) is 2.47. The average Bonchev–Trinajstić information content (AvgIpc) is 2.67. The van der Waals surface area contributed by atoms with E-state index >= 15 is 0 Å². The average molecular weight is 492 g/mol. The standard InChI is InChI=1S/C20H16Br2N2O3/c21-16-3-1-14(2-4-16)13-27-20-10-5-17(22)11-15(20)12-23-18-6-8-19(9-7-18)24(25)26/h1-11,23H,12-13H2. The number of nitrogens with zero attached hydrogens (tertiary/aromatic N) is 1. The first kappa shape index (κ1) is 19.4. The van der Waals surface area contributed by atoms with Gasteiger partial charge in [-0.05, 0) is 48.0 Å². The van der Waals surface area contributed by atoms with E-state index in [1.807, 2.05) is 42.5 Å². The summed E-state index contributed by atoms with van der Waals surface area (Å²) in [6.07, 6.45) is 0. The molecular weight excluding hydrogens is 476 g/mol. The van der Waals surface area contributed by atoms with Crippen molar-refractivity contribution in [3.8, 4) is 5.75 Å². The fourth-order valence-corrected chi connectivity index (χ4v) is 3.14. The van der Waals surface area contributed by atoms with Crippen molar-refractivity contribution in [1.29, 1.82) is 0 Å². The van der Waals surface area contributed by atoms with Gasteiger partial charge in [0.15, 0.2) is 0 Å². The van der Waals surface area contributed by atoms with Crippen LogP contribution >= 0.6 is 31.9 Å². The molecule has 138 valence electrons. The van der Waals surface area contributed by atoms with E-state index in [0.29, 0.717) is 13.2 Å². The first-order chi connectivity index (χ1) is 13.0. The van der Waals surface area contributed by atoms with Gasteiger partial charge in [-0.1, -0.05) is 44.0 Å². The Morgan fingerprint density at radius 3 is 2.26 bits per heavy atom. The summed E-state index contributed by atoms with van der Waals surface area (Å²) in [5, 5.41) is 14.0. The molecule has 7 heteroatoms. The molecule has 3 aromatic rings. The van der Waals surface area contributed by atoms with Crippen LogP contribution in [0.2, 0.25) is 0 Å². The number of rotatable bonds is 7. The van der Waals surface area contributed by atoms with Crippen LogP contribution in [0.15, 0.2) is 75.7 Å². The maximum absolute atomic E-state index is 10.7.